The molecule has 1 aromatic rings. The summed E-state index contributed by atoms with van der Waals surface area (Å²) in [5.74, 6) is 3.83. The molecule has 1 fully saturated rings. The largest absolute Gasteiger partial charge is 0.309 e. The van der Waals surface area contributed by atoms with Crippen LogP contribution in [0.15, 0.2) is 0 Å². The van der Waals surface area contributed by atoms with E-state index in [-0.39, 0.29) is 0 Å². The Balaban J connectivity index is 1.83. The van der Waals surface area contributed by atoms with Gasteiger partial charge in [-0.3, -0.25) is 0 Å². The minimum atomic E-state index is 0.373. The lowest BCUT2D eigenvalue weighted by Gasteiger charge is -2.34. The first kappa shape index (κ1) is 16.2. The minimum absolute atomic E-state index is 0.373. The predicted octanol–water partition coefficient (Wildman–Crippen LogP) is 4.68. The fraction of sp³-hybridized carbons (Fsp3) is 0.812. The molecule has 2 aliphatic rings. The maximum Gasteiger partial charge on any atom is 0.107 e. The highest BCUT2D eigenvalue weighted by atomic mass is 32.2. The van der Waals surface area contributed by atoms with Gasteiger partial charge < -0.3 is 5.32 Å². The third-order valence-corrected chi connectivity index (χ3v) is 8.43. The van der Waals surface area contributed by atoms with Crippen molar-refractivity contribution in [2.75, 3.05) is 23.8 Å². The van der Waals surface area contributed by atoms with Gasteiger partial charge in [0.2, 0.25) is 0 Å². The van der Waals surface area contributed by atoms with Crippen molar-refractivity contribution < 1.29 is 0 Å². The Morgan fingerprint density at radius 1 is 1.33 bits per heavy atom. The number of nitrogens with zero attached hydrogens (tertiary/aromatic N) is 1. The fourth-order valence-corrected chi connectivity index (χ4v) is 7.35. The zero-order valence-corrected chi connectivity index (χ0v) is 15.7. The molecule has 2 atom stereocenters. The maximum absolute atomic E-state index is 5.07. The Bertz CT molecular complexity index is 478. The molecule has 2 nitrogen and oxygen atoms in total. The first-order valence-electron chi connectivity index (χ1n) is 8.01. The van der Waals surface area contributed by atoms with Crippen molar-refractivity contribution in [2.45, 2.75) is 51.3 Å². The van der Waals surface area contributed by atoms with Gasteiger partial charge in [0, 0.05) is 28.2 Å². The summed E-state index contributed by atoms with van der Waals surface area (Å²) in [6, 6.07) is 0.524. The van der Waals surface area contributed by atoms with Gasteiger partial charge in [0.15, 0.2) is 0 Å². The Labute approximate surface area is 141 Å². The predicted molar refractivity (Wildman–Crippen MR) is 97.8 cm³/mol. The van der Waals surface area contributed by atoms with E-state index in [4.69, 9.17) is 4.98 Å². The molecule has 0 bridgehead atoms. The maximum atomic E-state index is 5.07. The van der Waals surface area contributed by atoms with Crippen LogP contribution in [0.1, 0.15) is 60.5 Å². The molecule has 1 aliphatic heterocycles. The number of hydrogen-bond donors (Lipinski definition) is 1. The van der Waals surface area contributed by atoms with Gasteiger partial charge in [-0.15, -0.1) is 23.1 Å². The van der Waals surface area contributed by atoms with Crippen LogP contribution in [-0.2, 0) is 6.42 Å². The molecule has 2 heterocycles. The van der Waals surface area contributed by atoms with Gasteiger partial charge >= 0.3 is 0 Å². The van der Waals surface area contributed by atoms with Crippen molar-refractivity contribution in [3.63, 3.8) is 0 Å². The molecular formula is C16H26N2S3. The number of fused-ring (bicyclic) bond motifs is 1. The molecule has 21 heavy (non-hydrogen) atoms. The van der Waals surface area contributed by atoms with Crippen molar-refractivity contribution >= 4 is 34.9 Å². The van der Waals surface area contributed by atoms with E-state index in [0.717, 1.165) is 13.0 Å². The highest BCUT2D eigenvalue weighted by Gasteiger charge is 2.35. The summed E-state index contributed by atoms with van der Waals surface area (Å²) in [5.41, 5.74) is 1.76. The number of hydrogen-bond acceptors (Lipinski definition) is 5. The van der Waals surface area contributed by atoms with Gasteiger partial charge in [0.25, 0.3) is 0 Å². The Kier molecular flexibility index (Phi) is 5.24. The molecule has 0 saturated carbocycles. The molecule has 1 aliphatic carbocycles. The van der Waals surface area contributed by atoms with E-state index in [2.05, 4.69) is 49.6 Å². The standard InChI is InChI=1S/C16H26N2S3/c1-4-5-17-11-8-16(2,3)9-12-14(11)21-15(18-12)13-10-19-6-7-20-13/h11,13,17H,4-10H2,1-3H3. The second kappa shape index (κ2) is 6.81. The molecule has 1 N–H and O–H groups in total. The second-order valence-electron chi connectivity index (χ2n) is 6.85. The number of nitrogens with one attached hydrogen (secondary N) is 1. The van der Waals surface area contributed by atoms with E-state index < -0.39 is 0 Å². The van der Waals surface area contributed by atoms with E-state index in [9.17, 15) is 0 Å². The van der Waals surface area contributed by atoms with Crippen LogP contribution in [0.5, 0.6) is 0 Å². The smallest absolute Gasteiger partial charge is 0.107 e. The van der Waals surface area contributed by atoms with Gasteiger partial charge in [-0.25, -0.2) is 4.98 Å². The van der Waals surface area contributed by atoms with Crippen LogP contribution >= 0.6 is 34.9 Å². The molecule has 0 amide bonds. The molecule has 0 spiro atoms. The van der Waals surface area contributed by atoms with E-state index >= 15 is 0 Å². The van der Waals surface area contributed by atoms with Crippen molar-refractivity contribution in [1.82, 2.24) is 10.3 Å². The van der Waals surface area contributed by atoms with Crippen molar-refractivity contribution in [3.8, 4) is 0 Å². The normalized spacial score (nSPS) is 28.3. The molecule has 3 rings (SSSR count). The first-order valence-corrected chi connectivity index (χ1v) is 11.0. The van der Waals surface area contributed by atoms with Gasteiger partial charge in [0.05, 0.1) is 10.9 Å². The highest BCUT2D eigenvalue weighted by molar-refractivity contribution is 8.06. The number of thioether (sulfide) groups is 2. The Hall–Kier alpha value is 0.290. The van der Waals surface area contributed by atoms with Crippen LogP contribution < -0.4 is 5.32 Å². The van der Waals surface area contributed by atoms with Crippen molar-refractivity contribution in [2.24, 2.45) is 5.41 Å². The van der Waals surface area contributed by atoms with Crippen LogP contribution in [0.3, 0.4) is 0 Å². The third kappa shape index (κ3) is 3.80. The minimum Gasteiger partial charge on any atom is -0.309 e. The summed E-state index contributed by atoms with van der Waals surface area (Å²) in [6.07, 6.45) is 3.59. The van der Waals surface area contributed by atoms with Gasteiger partial charge in [-0.05, 0) is 31.2 Å². The lowest BCUT2D eigenvalue weighted by atomic mass is 9.76. The quantitative estimate of drug-likeness (QED) is 0.859. The first-order chi connectivity index (χ1) is 10.1. The summed E-state index contributed by atoms with van der Waals surface area (Å²) in [7, 11) is 0. The van der Waals surface area contributed by atoms with E-state index in [1.165, 1.54) is 45.7 Å². The Morgan fingerprint density at radius 3 is 2.90 bits per heavy atom. The lowest BCUT2D eigenvalue weighted by molar-refractivity contribution is 0.258. The van der Waals surface area contributed by atoms with Crippen LogP contribution in [0.2, 0.25) is 0 Å². The van der Waals surface area contributed by atoms with E-state index in [1.807, 2.05) is 11.3 Å². The SMILES string of the molecule is CCCNC1CC(C)(C)Cc2nc(C3CSCCS3)sc21. The topological polar surface area (TPSA) is 24.9 Å². The summed E-state index contributed by atoms with van der Waals surface area (Å²) < 4.78 is 0. The van der Waals surface area contributed by atoms with Gasteiger partial charge in [-0.1, -0.05) is 20.8 Å². The summed E-state index contributed by atoms with van der Waals surface area (Å²) in [4.78, 5) is 6.61. The van der Waals surface area contributed by atoms with Gasteiger partial charge in [-0.2, -0.15) is 11.8 Å². The summed E-state index contributed by atoms with van der Waals surface area (Å²) >= 11 is 6.19. The molecule has 1 aromatic heterocycles. The fourth-order valence-electron chi connectivity index (χ4n) is 3.20. The molecule has 0 radical (unpaired) electrons. The van der Waals surface area contributed by atoms with Crippen LogP contribution in [0, 0.1) is 5.41 Å². The van der Waals surface area contributed by atoms with Crippen LogP contribution in [0.25, 0.3) is 0 Å². The zero-order valence-electron chi connectivity index (χ0n) is 13.3. The average Bonchev–Trinajstić information content (AvgIpc) is 2.88. The molecule has 1 saturated heterocycles. The molecule has 118 valence electrons. The lowest BCUT2D eigenvalue weighted by Crippen LogP contribution is -2.33. The second-order valence-corrected chi connectivity index (χ2v) is 10.4. The number of rotatable bonds is 4. The van der Waals surface area contributed by atoms with E-state index in [1.54, 1.807) is 0 Å². The van der Waals surface area contributed by atoms with Gasteiger partial charge in [0.1, 0.15) is 5.01 Å². The molecule has 0 aromatic carbocycles. The monoisotopic (exact) mass is 342 g/mol. The Morgan fingerprint density at radius 2 is 2.19 bits per heavy atom. The summed E-state index contributed by atoms with van der Waals surface area (Å²) in [5, 5.41) is 5.78. The molecule has 5 heteroatoms. The zero-order chi connectivity index (χ0) is 14.9. The number of aromatic nitrogens is 1. The molecular weight excluding hydrogens is 316 g/mol. The highest BCUT2D eigenvalue weighted by Crippen LogP contribution is 2.46. The van der Waals surface area contributed by atoms with Crippen LogP contribution in [-0.4, -0.2) is 28.8 Å². The summed E-state index contributed by atoms with van der Waals surface area (Å²) in [6.45, 7) is 8.14. The van der Waals surface area contributed by atoms with Crippen LogP contribution in [0.4, 0.5) is 0 Å². The third-order valence-electron chi connectivity index (χ3n) is 4.20. The van der Waals surface area contributed by atoms with Crippen molar-refractivity contribution in [3.05, 3.63) is 15.6 Å². The average molecular weight is 343 g/mol. The van der Waals surface area contributed by atoms with Crippen molar-refractivity contribution in [1.29, 1.82) is 0 Å². The molecule has 2 unspecified atom stereocenters. The van der Waals surface area contributed by atoms with E-state index in [0.29, 0.717) is 16.7 Å². The number of thiazole rings is 1.